The lowest BCUT2D eigenvalue weighted by molar-refractivity contribution is -0.732. The van der Waals surface area contributed by atoms with E-state index in [9.17, 15) is 14.8 Å². The maximum atomic E-state index is 11.9. The van der Waals surface area contributed by atoms with Gasteiger partial charge in [-0.1, -0.05) is 30.3 Å². The summed E-state index contributed by atoms with van der Waals surface area (Å²) in [6.45, 7) is -0.133. The van der Waals surface area contributed by atoms with Crippen molar-refractivity contribution < 1.29 is 14.2 Å². The van der Waals surface area contributed by atoms with Crippen LogP contribution in [-0.4, -0.2) is 16.5 Å². The molecule has 0 aromatic heterocycles. The van der Waals surface area contributed by atoms with Gasteiger partial charge in [-0.05, 0) is 0 Å². The molecule has 0 fully saturated rings. The molecule has 0 spiro atoms. The van der Waals surface area contributed by atoms with Crippen LogP contribution in [0.15, 0.2) is 42.5 Å². The molecule has 0 saturated heterocycles. The van der Waals surface area contributed by atoms with E-state index in [4.69, 9.17) is 0 Å². The molecule has 0 saturated carbocycles. The second-order valence-electron chi connectivity index (χ2n) is 3.39. The fraction of sp³-hybridized carbons (Fsp3) is 0.0909. The van der Waals surface area contributed by atoms with Crippen LogP contribution in [0.3, 0.4) is 0 Å². The first-order valence-electron chi connectivity index (χ1n) is 4.53. The van der Waals surface area contributed by atoms with E-state index in [0.717, 1.165) is 12.2 Å². The summed E-state index contributed by atoms with van der Waals surface area (Å²) in [7, 11) is 0. The van der Waals surface area contributed by atoms with Gasteiger partial charge in [-0.25, -0.2) is 14.2 Å². The topological polar surface area (TPSA) is 57.2 Å². The molecule has 4 heteroatoms. The Kier molecular flexibility index (Phi) is 2.22. The normalized spacial score (nSPS) is 18.5. The Morgan fingerprint density at radius 3 is 2.07 bits per heavy atom. The molecule has 0 N–H and O–H groups in total. The van der Waals surface area contributed by atoms with Crippen LogP contribution in [0.25, 0.3) is 0 Å². The van der Waals surface area contributed by atoms with Gasteiger partial charge < -0.3 is 5.21 Å². The molecule has 0 unspecified atom stereocenters. The summed E-state index contributed by atoms with van der Waals surface area (Å²) in [5.41, 5.74) is 0.679. The van der Waals surface area contributed by atoms with Crippen molar-refractivity contribution in [2.24, 2.45) is 0 Å². The molecule has 1 aromatic carbocycles. The molecule has 1 aliphatic rings. The molecule has 0 aliphatic carbocycles. The molecule has 76 valence electrons. The molecular weight excluding hydrogens is 194 g/mol. The lowest BCUT2D eigenvalue weighted by Gasteiger charge is -2.31. The second kappa shape index (κ2) is 3.42. The van der Waals surface area contributed by atoms with Gasteiger partial charge in [-0.15, -0.1) is 0 Å². The molecule has 4 nitrogen and oxygen atoms in total. The van der Waals surface area contributed by atoms with Crippen molar-refractivity contribution in [2.45, 2.75) is 6.54 Å². The Labute approximate surface area is 86.6 Å². The number of carbonyl (C=O) groups excluding carboxylic acids is 2. The number of quaternary nitrogens is 1. The van der Waals surface area contributed by atoms with Crippen LogP contribution in [-0.2, 0) is 16.1 Å². The van der Waals surface area contributed by atoms with Gasteiger partial charge in [-0.3, -0.25) is 0 Å². The molecular formula is C11H9NO3. The highest BCUT2D eigenvalue weighted by Gasteiger charge is 2.37. The third-order valence-corrected chi connectivity index (χ3v) is 2.33. The van der Waals surface area contributed by atoms with E-state index in [2.05, 4.69) is 0 Å². The minimum atomic E-state index is -1.43. The number of rotatable bonds is 2. The standard InChI is InChI=1S/C11H9NO3/c13-10-6-7-11(14)12(10,15)8-9-4-2-1-3-5-9/h1-7H,8H2. The summed E-state index contributed by atoms with van der Waals surface area (Å²) >= 11 is 0. The average Bonchev–Trinajstić information content (AvgIpc) is 2.48. The van der Waals surface area contributed by atoms with Crippen LogP contribution in [0.2, 0.25) is 0 Å². The molecule has 2 amide bonds. The van der Waals surface area contributed by atoms with E-state index in [-0.39, 0.29) is 6.54 Å². The van der Waals surface area contributed by atoms with Crippen LogP contribution < -0.4 is 0 Å². The first kappa shape index (κ1) is 9.76. The molecule has 15 heavy (non-hydrogen) atoms. The largest absolute Gasteiger partial charge is 0.617 e. The van der Waals surface area contributed by atoms with Crippen LogP contribution >= 0.6 is 0 Å². The van der Waals surface area contributed by atoms with Crippen molar-refractivity contribution in [3.63, 3.8) is 0 Å². The average molecular weight is 203 g/mol. The Balaban J connectivity index is 2.26. The lowest BCUT2D eigenvalue weighted by atomic mass is 10.2. The van der Waals surface area contributed by atoms with E-state index < -0.39 is 16.5 Å². The van der Waals surface area contributed by atoms with Crippen molar-refractivity contribution in [2.75, 3.05) is 0 Å². The Hall–Kier alpha value is -1.78. The number of carbonyl (C=O) groups is 2. The van der Waals surface area contributed by atoms with Gasteiger partial charge in [0.25, 0.3) is 0 Å². The molecule has 0 atom stereocenters. The zero-order valence-electron chi connectivity index (χ0n) is 7.92. The number of benzene rings is 1. The Bertz CT molecular complexity index is 418. The number of amides is 2. The summed E-state index contributed by atoms with van der Waals surface area (Å²) in [6.07, 6.45) is 2.08. The van der Waals surface area contributed by atoms with Gasteiger partial charge in [0.05, 0.1) is 12.2 Å². The predicted octanol–water partition coefficient (Wildman–Crippen LogP) is 1.12. The summed E-state index contributed by atoms with van der Waals surface area (Å²) < 4.78 is -1.43. The summed E-state index contributed by atoms with van der Waals surface area (Å²) in [4.78, 5) is 22.5. The van der Waals surface area contributed by atoms with Gasteiger partial charge in [0.15, 0.2) is 0 Å². The SMILES string of the molecule is O=C1C=CC(=O)[N+]1([O-])Cc1ccccc1. The van der Waals surface area contributed by atoms with Gasteiger partial charge in [0, 0.05) is 5.56 Å². The maximum absolute atomic E-state index is 11.9. The fourth-order valence-corrected chi connectivity index (χ4v) is 1.49. The number of hydroxylamine groups is 3. The third-order valence-electron chi connectivity index (χ3n) is 2.33. The maximum Gasteiger partial charge on any atom is 0.346 e. The Morgan fingerprint density at radius 1 is 1.00 bits per heavy atom. The van der Waals surface area contributed by atoms with Gasteiger partial charge in [-0.2, -0.15) is 0 Å². The fourth-order valence-electron chi connectivity index (χ4n) is 1.49. The van der Waals surface area contributed by atoms with Gasteiger partial charge >= 0.3 is 11.8 Å². The number of hydrogen-bond donors (Lipinski definition) is 0. The van der Waals surface area contributed by atoms with E-state index in [1.807, 2.05) is 6.07 Å². The van der Waals surface area contributed by atoms with E-state index in [1.54, 1.807) is 24.3 Å². The predicted molar refractivity (Wildman–Crippen MR) is 52.9 cm³/mol. The van der Waals surface area contributed by atoms with E-state index >= 15 is 0 Å². The molecule has 0 bridgehead atoms. The summed E-state index contributed by atoms with van der Waals surface area (Å²) in [6, 6.07) is 8.78. The van der Waals surface area contributed by atoms with Gasteiger partial charge in [0.1, 0.15) is 6.54 Å². The van der Waals surface area contributed by atoms with Gasteiger partial charge in [0.2, 0.25) is 0 Å². The number of imide groups is 1. The minimum absolute atomic E-state index is 0.133. The highest BCUT2D eigenvalue weighted by atomic mass is 16.6. The molecule has 1 aromatic rings. The zero-order chi connectivity index (χ0) is 10.9. The first-order valence-corrected chi connectivity index (χ1v) is 4.53. The molecule has 1 heterocycles. The van der Waals surface area contributed by atoms with Crippen molar-refractivity contribution in [3.8, 4) is 0 Å². The molecule has 0 radical (unpaired) electrons. The zero-order valence-corrected chi connectivity index (χ0v) is 7.92. The van der Waals surface area contributed by atoms with Crippen molar-refractivity contribution in [1.82, 2.24) is 0 Å². The summed E-state index contributed by atoms with van der Waals surface area (Å²) in [5.74, 6) is -1.41. The van der Waals surface area contributed by atoms with E-state index in [1.165, 1.54) is 0 Å². The van der Waals surface area contributed by atoms with Crippen LogP contribution in [0.4, 0.5) is 0 Å². The third kappa shape index (κ3) is 1.60. The van der Waals surface area contributed by atoms with Crippen molar-refractivity contribution >= 4 is 11.8 Å². The first-order chi connectivity index (χ1) is 7.13. The van der Waals surface area contributed by atoms with Crippen molar-refractivity contribution in [1.29, 1.82) is 0 Å². The van der Waals surface area contributed by atoms with E-state index in [0.29, 0.717) is 5.56 Å². The Morgan fingerprint density at radius 2 is 1.53 bits per heavy atom. The number of nitrogens with zero attached hydrogens (tertiary/aromatic N) is 1. The molecule has 2 rings (SSSR count). The highest BCUT2D eigenvalue weighted by Crippen LogP contribution is 2.19. The number of hydrogen-bond acceptors (Lipinski definition) is 3. The van der Waals surface area contributed by atoms with Crippen LogP contribution in [0, 0.1) is 5.21 Å². The smallest absolute Gasteiger partial charge is 0.346 e. The van der Waals surface area contributed by atoms with Crippen molar-refractivity contribution in [3.05, 3.63) is 53.3 Å². The van der Waals surface area contributed by atoms with Crippen LogP contribution in [0.1, 0.15) is 5.56 Å². The monoisotopic (exact) mass is 203 g/mol. The second-order valence-corrected chi connectivity index (χ2v) is 3.39. The summed E-state index contributed by atoms with van der Waals surface area (Å²) in [5, 5.41) is 11.9. The van der Waals surface area contributed by atoms with Crippen LogP contribution in [0.5, 0.6) is 0 Å². The lowest BCUT2D eigenvalue weighted by Crippen LogP contribution is -2.46. The quantitative estimate of drug-likeness (QED) is 0.411. The highest BCUT2D eigenvalue weighted by molar-refractivity contribution is 6.04. The molecule has 1 aliphatic heterocycles. The minimum Gasteiger partial charge on any atom is -0.617 e.